The lowest BCUT2D eigenvalue weighted by Gasteiger charge is -2.19. The van der Waals surface area contributed by atoms with Gasteiger partial charge in [-0.25, -0.2) is 14.5 Å². The van der Waals surface area contributed by atoms with E-state index < -0.39 is 5.97 Å². The molecule has 1 N–H and O–H groups in total. The molecule has 0 atom stereocenters. The summed E-state index contributed by atoms with van der Waals surface area (Å²) >= 11 is 0. The van der Waals surface area contributed by atoms with Gasteiger partial charge in [0.15, 0.2) is 5.65 Å². The van der Waals surface area contributed by atoms with Crippen LogP contribution in [0.5, 0.6) is 0 Å². The molecule has 0 aliphatic carbocycles. The van der Waals surface area contributed by atoms with Crippen molar-refractivity contribution >= 4 is 17.0 Å². The average molecular weight is 219 g/mol. The van der Waals surface area contributed by atoms with Crippen molar-refractivity contribution in [2.24, 2.45) is 0 Å². The minimum absolute atomic E-state index is 0.167. The standard InChI is InChI=1S/C11H13N3O2/c1-11(2,3)14-9-7(6-13-14)4-8(5-12-9)10(15)16/h4-6H,1-3H3,(H,15,16). The van der Waals surface area contributed by atoms with Gasteiger partial charge < -0.3 is 5.11 Å². The van der Waals surface area contributed by atoms with Gasteiger partial charge in [-0.2, -0.15) is 5.10 Å². The van der Waals surface area contributed by atoms with E-state index in [2.05, 4.69) is 10.1 Å². The summed E-state index contributed by atoms with van der Waals surface area (Å²) in [5.74, 6) is -0.974. The molecule has 0 radical (unpaired) electrons. The van der Waals surface area contributed by atoms with Gasteiger partial charge in [-0.05, 0) is 26.8 Å². The Morgan fingerprint density at radius 1 is 1.38 bits per heavy atom. The van der Waals surface area contributed by atoms with Crippen molar-refractivity contribution in [3.8, 4) is 0 Å². The molecule has 2 heterocycles. The van der Waals surface area contributed by atoms with Crippen LogP contribution < -0.4 is 0 Å². The number of carbonyl (C=O) groups is 1. The summed E-state index contributed by atoms with van der Waals surface area (Å²) in [5, 5.41) is 13.8. The van der Waals surface area contributed by atoms with Crippen LogP contribution in [0.2, 0.25) is 0 Å². The molecule has 84 valence electrons. The maximum Gasteiger partial charge on any atom is 0.337 e. The van der Waals surface area contributed by atoms with Crippen LogP contribution in [-0.4, -0.2) is 25.8 Å². The van der Waals surface area contributed by atoms with Crippen molar-refractivity contribution in [3.63, 3.8) is 0 Å². The van der Waals surface area contributed by atoms with Crippen molar-refractivity contribution < 1.29 is 9.90 Å². The van der Waals surface area contributed by atoms with Gasteiger partial charge in [-0.15, -0.1) is 0 Å². The Bertz CT molecular complexity index is 552. The fraction of sp³-hybridized carbons (Fsp3) is 0.364. The molecule has 0 aromatic carbocycles. The number of rotatable bonds is 1. The molecule has 5 nitrogen and oxygen atoms in total. The number of pyridine rings is 1. The van der Waals surface area contributed by atoms with Gasteiger partial charge in [0.05, 0.1) is 17.3 Å². The SMILES string of the molecule is CC(C)(C)n1ncc2cc(C(=O)O)cnc21. The van der Waals surface area contributed by atoms with Crippen LogP contribution in [0.3, 0.4) is 0 Å². The van der Waals surface area contributed by atoms with Gasteiger partial charge in [0.1, 0.15) is 0 Å². The highest BCUT2D eigenvalue weighted by Gasteiger charge is 2.18. The minimum Gasteiger partial charge on any atom is -0.478 e. The van der Waals surface area contributed by atoms with Gasteiger partial charge in [0.25, 0.3) is 0 Å². The monoisotopic (exact) mass is 219 g/mol. The number of carboxylic acid groups (broad SMARTS) is 1. The number of hydrogen-bond acceptors (Lipinski definition) is 3. The molecule has 2 aromatic rings. The number of aromatic carboxylic acids is 1. The van der Waals surface area contributed by atoms with Crippen molar-refractivity contribution in [1.82, 2.24) is 14.8 Å². The van der Waals surface area contributed by atoms with Gasteiger partial charge in [0.2, 0.25) is 0 Å². The summed E-state index contributed by atoms with van der Waals surface area (Å²) in [6.07, 6.45) is 2.99. The van der Waals surface area contributed by atoms with Crippen LogP contribution in [0.4, 0.5) is 0 Å². The summed E-state index contributed by atoms with van der Waals surface area (Å²) in [5.41, 5.74) is 0.720. The van der Waals surface area contributed by atoms with Crippen molar-refractivity contribution in [3.05, 3.63) is 24.0 Å². The van der Waals surface area contributed by atoms with Crippen LogP contribution in [0.15, 0.2) is 18.5 Å². The lowest BCUT2D eigenvalue weighted by atomic mass is 10.1. The molecule has 0 fully saturated rings. The molecule has 0 saturated carbocycles. The number of carboxylic acids is 1. The van der Waals surface area contributed by atoms with Gasteiger partial charge in [-0.3, -0.25) is 0 Å². The third kappa shape index (κ3) is 1.64. The first-order valence-corrected chi connectivity index (χ1v) is 4.97. The summed E-state index contributed by atoms with van der Waals surface area (Å²) < 4.78 is 1.79. The van der Waals surface area contributed by atoms with Gasteiger partial charge in [0, 0.05) is 11.6 Å². The Kier molecular flexibility index (Phi) is 2.18. The van der Waals surface area contributed by atoms with E-state index in [1.807, 2.05) is 20.8 Å². The van der Waals surface area contributed by atoms with E-state index in [0.717, 1.165) is 5.39 Å². The second kappa shape index (κ2) is 3.30. The fourth-order valence-corrected chi connectivity index (χ4v) is 1.53. The number of hydrogen-bond donors (Lipinski definition) is 1. The Hall–Kier alpha value is -1.91. The zero-order chi connectivity index (χ0) is 11.9. The quantitative estimate of drug-likeness (QED) is 0.795. The van der Waals surface area contributed by atoms with Crippen molar-refractivity contribution in [2.75, 3.05) is 0 Å². The summed E-state index contributed by atoms with van der Waals surface area (Å²) in [6, 6.07) is 1.58. The van der Waals surface area contributed by atoms with E-state index in [1.165, 1.54) is 6.20 Å². The van der Waals surface area contributed by atoms with Gasteiger partial charge in [-0.1, -0.05) is 0 Å². The maximum absolute atomic E-state index is 10.8. The zero-order valence-electron chi connectivity index (χ0n) is 9.43. The molecule has 0 bridgehead atoms. The molecular formula is C11H13N3O2. The van der Waals surface area contributed by atoms with E-state index in [9.17, 15) is 4.79 Å². The first-order chi connectivity index (χ1) is 7.39. The van der Waals surface area contributed by atoms with Crippen LogP contribution in [0, 0.1) is 0 Å². The molecule has 0 unspecified atom stereocenters. The smallest absolute Gasteiger partial charge is 0.337 e. The Morgan fingerprint density at radius 3 is 2.62 bits per heavy atom. The topological polar surface area (TPSA) is 68.0 Å². The van der Waals surface area contributed by atoms with E-state index in [1.54, 1.807) is 16.9 Å². The van der Waals surface area contributed by atoms with Crippen LogP contribution in [-0.2, 0) is 5.54 Å². The molecule has 0 aliphatic heterocycles. The predicted molar refractivity (Wildman–Crippen MR) is 59.5 cm³/mol. The first kappa shape index (κ1) is 10.6. The average Bonchev–Trinajstić information content (AvgIpc) is 2.58. The normalized spacial score (nSPS) is 11.9. The van der Waals surface area contributed by atoms with Gasteiger partial charge >= 0.3 is 5.97 Å². The molecule has 2 rings (SSSR count). The number of nitrogens with zero attached hydrogens (tertiary/aromatic N) is 3. The second-order valence-corrected chi connectivity index (χ2v) is 4.67. The third-order valence-electron chi connectivity index (χ3n) is 2.29. The van der Waals surface area contributed by atoms with Crippen LogP contribution in [0.25, 0.3) is 11.0 Å². The van der Waals surface area contributed by atoms with Crippen molar-refractivity contribution in [2.45, 2.75) is 26.3 Å². The van der Waals surface area contributed by atoms with E-state index in [4.69, 9.17) is 5.11 Å². The molecule has 5 heteroatoms. The Balaban J connectivity index is 2.64. The lowest BCUT2D eigenvalue weighted by molar-refractivity contribution is 0.0696. The molecule has 0 amide bonds. The molecule has 0 saturated heterocycles. The highest BCUT2D eigenvalue weighted by molar-refractivity contribution is 5.91. The number of aromatic nitrogens is 3. The lowest BCUT2D eigenvalue weighted by Crippen LogP contribution is -2.23. The number of fused-ring (bicyclic) bond motifs is 1. The molecular weight excluding hydrogens is 206 g/mol. The van der Waals surface area contributed by atoms with Crippen LogP contribution >= 0.6 is 0 Å². The largest absolute Gasteiger partial charge is 0.478 e. The summed E-state index contributed by atoms with van der Waals surface area (Å²) in [7, 11) is 0. The highest BCUT2D eigenvalue weighted by Crippen LogP contribution is 2.20. The fourth-order valence-electron chi connectivity index (χ4n) is 1.53. The Morgan fingerprint density at radius 2 is 2.06 bits per heavy atom. The highest BCUT2D eigenvalue weighted by atomic mass is 16.4. The molecule has 0 aliphatic rings. The Labute approximate surface area is 92.7 Å². The van der Waals surface area contributed by atoms with E-state index >= 15 is 0 Å². The molecule has 0 spiro atoms. The summed E-state index contributed by atoms with van der Waals surface area (Å²) in [6.45, 7) is 6.06. The summed E-state index contributed by atoms with van der Waals surface area (Å²) in [4.78, 5) is 14.9. The third-order valence-corrected chi connectivity index (χ3v) is 2.29. The van der Waals surface area contributed by atoms with E-state index in [0.29, 0.717) is 5.65 Å². The first-order valence-electron chi connectivity index (χ1n) is 4.97. The van der Waals surface area contributed by atoms with E-state index in [-0.39, 0.29) is 11.1 Å². The zero-order valence-corrected chi connectivity index (χ0v) is 9.43. The predicted octanol–water partition coefficient (Wildman–Crippen LogP) is 1.88. The minimum atomic E-state index is -0.974. The molecule has 16 heavy (non-hydrogen) atoms. The van der Waals surface area contributed by atoms with Crippen molar-refractivity contribution in [1.29, 1.82) is 0 Å². The van der Waals surface area contributed by atoms with Crippen LogP contribution in [0.1, 0.15) is 31.1 Å². The maximum atomic E-state index is 10.8. The molecule has 2 aromatic heterocycles. The second-order valence-electron chi connectivity index (χ2n) is 4.67.